The molecule has 0 radical (unpaired) electrons. The number of benzene rings is 2. The summed E-state index contributed by atoms with van der Waals surface area (Å²) in [6, 6.07) is 12.7. The average Bonchev–Trinajstić information content (AvgIpc) is 2.80. The molecule has 174 valence electrons. The van der Waals surface area contributed by atoms with E-state index < -0.39 is 11.6 Å². The predicted octanol–water partition coefficient (Wildman–Crippen LogP) is 6.36. The Kier molecular flexibility index (Phi) is 7.42. The fourth-order valence-electron chi connectivity index (χ4n) is 4.17. The molecule has 5 nitrogen and oxygen atoms in total. The van der Waals surface area contributed by atoms with E-state index in [-0.39, 0.29) is 12.0 Å². The van der Waals surface area contributed by atoms with E-state index in [1.807, 2.05) is 78.0 Å². The summed E-state index contributed by atoms with van der Waals surface area (Å²) in [7, 11) is 0. The quantitative estimate of drug-likeness (QED) is 0.382. The highest BCUT2D eigenvalue weighted by Gasteiger charge is 2.43. The average molecular weight is 448 g/mol. The van der Waals surface area contributed by atoms with Crippen LogP contribution in [-0.2, 0) is 4.74 Å². The zero-order valence-corrected chi connectivity index (χ0v) is 20.3. The van der Waals surface area contributed by atoms with Gasteiger partial charge in [-0.2, -0.15) is 0 Å². The van der Waals surface area contributed by atoms with Gasteiger partial charge in [0, 0.05) is 24.6 Å². The van der Waals surface area contributed by atoms with Crippen molar-refractivity contribution in [3.05, 3.63) is 88.5 Å². The summed E-state index contributed by atoms with van der Waals surface area (Å²) in [6.45, 7) is 12.9. The standard InChI is InChI=1S/C28H33NO4/c1-7-29(8-2)27(31)33-28(6)20(4)13-12-16-23(28)25-21(5)19(3)17-18-24(25)32-26(30)22-14-10-9-11-15-22/h9-18,23H,7-8H2,1-6H3. The van der Waals surface area contributed by atoms with Gasteiger partial charge >= 0.3 is 12.1 Å². The number of rotatable bonds is 6. The summed E-state index contributed by atoms with van der Waals surface area (Å²) in [5.74, 6) is -0.268. The third kappa shape index (κ3) is 4.87. The smallest absolute Gasteiger partial charge is 0.410 e. The maximum Gasteiger partial charge on any atom is 0.410 e. The van der Waals surface area contributed by atoms with Crippen molar-refractivity contribution in [3.8, 4) is 5.75 Å². The second-order valence-electron chi connectivity index (χ2n) is 8.53. The van der Waals surface area contributed by atoms with Gasteiger partial charge in [-0.1, -0.05) is 42.5 Å². The van der Waals surface area contributed by atoms with Crippen molar-refractivity contribution in [2.75, 3.05) is 13.1 Å². The molecule has 2 atom stereocenters. The van der Waals surface area contributed by atoms with Crippen LogP contribution in [0.5, 0.6) is 5.75 Å². The highest BCUT2D eigenvalue weighted by molar-refractivity contribution is 5.91. The Morgan fingerprint density at radius 1 is 1.00 bits per heavy atom. The fourth-order valence-corrected chi connectivity index (χ4v) is 4.17. The molecule has 1 amide bonds. The SMILES string of the molecule is CCN(CC)C(=O)OC1(C)C(C)=CC=CC1c1c(OC(=O)c2ccccc2)ccc(C)c1C. The Balaban J connectivity index is 2.06. The highest BCUT2D eigenvalue weighted by atomic mass is 16.6. The topological polar surface area (TPSA) is 55.8 Å². The van der Waals surface area contributed by atoms with E-state index in [1.54, 1.807) is 29.2 Å². The van der Waals surface area contributed by atoms with Crippen LogP contribution >= 0.6 is 0 Å². The zero-order valence-electron chi connectivity index (χ0n) is 20.3. The van der Waals surface area contributed by atoms with Gasteiger partial charge in [0.25, 0.3) is 0 Å². The van der Waals surface area contributed by atoms with Gasteiger partial charge in [0.15, 0.2) is 0 Å². The Bertz CT molecular complexity index is 1080. The number of hydrogen-bond acceptors (Lipinski definition) is 4. The number of amides is 1. The van der Waals surface area contributed by atoms with Crippen molar-refractivity contribution in [2.24, 2.45) is 0 Å². The molecule has 0 heterocycles. The van der Waals surface area contributed by atoms with Crippen LogP contribution in [0.2, 0.25) is 0 Å². The van der Waals surface area contributed by atoms with E-state index in [4.69, 9.17) is 9.47 Å². The second kappa shape index (κ2) is 10.1. The molecule has 33 heavy (non-hydrogen) atoms. The summed E-state index contributed by atoms with van der Waals surface area (Å²) in [5, 5.41) is 0. The van der Waals surface area contributed by atoms with Gasteiger partial charge < -0.3 is 14.4 Å². The third-order valence-electron chi connectivity index (χ3n) is 6.62. The normalized spacial score (nSPS) is 19.6. The summed E-state index contributed by atoms with van der Waals surface area (Å²) < 4.78 is 12.1. The molecule has 0 saturated carbocycles. The Morgan fingerprint density at radius 2 is 1.67 bits per heavy atom. The van der Waals surface area contributed by atoms with Crippen molar-refractivity contribution < 1.29 is 19.1 Å². The zero-order chi connectivity index (χ0) is 24.2. The molecule has 2 aromatic carbocycles. The number of carbonyl (C=O) groups excluding carboxylic acids is 2. The van der Waals surface area contributed by atoms with E-state index in [1.165, 1.54) is 0 Å². The van der Waals surface area contributed by atoms with E-state index in [0.717, 1.165) is 22.3 Å². The first kappa shape index (κ1) is 24.3. The van der Waals surface area contributed by atoms with Gasteiger partial charge in [-0.15, -0.1) is 0 Å². The summed E-state index contributed by atoms with van der Waals surface area (Å²) in [6.07, 6.45) is 5.60. The van der Waals surface area contributed by atoms with Gasteiger partial charge in [-0.25, -0.2) is 9.59 Å². The number of aryl methyl sites for hydroxylation is 1. The van der Waals surface area contributed by atoms with Gasteiger partial charge in [-0.05, 0) is 76.4 Å². The Morgan fingerprint density at radius 3 is 2.30 bits per heavy atom. The Labute approximate surface area is 196 Å². The van der Waals surface area contributed by atoms with Crippen LogP contribution in [0.4, 0.5) is 4.79 Å². The first-order chi connectivity index (χ1) is 15.7. The molecule has 0 fully saturated rings. The molecule has 0 aliphatic heterocycles. The first-order valence-electron chi connectivity index (χ1n) is 11.4. The van der Waals surface area contributed by atoms with Crippen molar-refractivity contribution in [1.29, 1.82) is 0 Å². The molecule has 1 aliphatic carbocycles. The second-order valence-corrected chi connectivity index (χ2v) is 8.53. The van der Waals surface area contributed by atoms with Crippen molar-refractivity contribution in [1.82, 2.24) is 4.90 Å². The molecule has 5 heteroatoms. The molecule has 0 bridgehead atoms. The fraction of sp³-hybridized carbons (Fsp3) is 0.357. The van der Waals surface area contributed by atoms with Crippen LogP contribution in [0.3, 0.4) is 0 Å². The molecular formula is C28H33NO4. The molecular weight excluding hydrogens is 414 g/mol. The maximum absolute atomic E-state index is 13.0. The van der Waals surface area contributed by atoms with Crippen LogP contribution in [0.25, 0.3) is 0 Å². The summed E-state index contributed by atoms with van der Waals surface area (Å²) in [4.78, 5) is 27.5. The number of esters is 1. The molecule has 0 saturated heterocycles. The van der Waals surface area contributed by atoms with Crippen LogP contribution < -0.4 is 4.74 Å². The molecule has 1 aliphatic rings. The van der Waals surface area contributed by atoms with E-state index in [0.29, 0.717) is 24.4 Å². The molecule has 2 unspecified atom stereocenters. The highest BCUT2D eigenvalue weighted by Crippen LogP contribution is 2.46. The van der Waals surface area contributed by atoms with Crippen LogP contribution in [-0.4, -0.2) is 35.7 Å². The lowest BCUT2D eigenvalue weighted by Gasteiger charge is -2.41. The summed E-state index contributed by atoms with van der Waals surface area (Å²) in [5.41, 5.74) is 3.40. The van der Waals surface area contributed by atoms with Crippen LogP contribution in [0, 0.1) is 13.8 Å². The first-order valence-corrected chi connectivity index (χ1v) is 11.4. The number of ether oxygens (including phenoxy) is 2. The van der Waals surface area contributed by atoms with Gasteiger partial charge in [0.05, 0.1) is 5.56 Å². The van der Waals surface area contributed by atoms with Crippen molar-refractivity contribution >= 4 is 12.1 Å². The molecule has 2 aromatic rings. The van der Waals surface area contributed by atoms with Crippen LogP contribution in [0.15, 0.2) is 66.3 Å². The number of carbonyl (C=O) groups is 2. The minimum Gasteiger partial charge on any atom is -0.438 e. The maximum atomic E-state index is 13.0. The Hall–Kier alpha value is -3.34. The van der Waals surface area contributed by atoms with Gasteiger partial charge in [0.2, 0.25) is 0 Å². The third-order valence-corrected chi connectivity index (χ3v) is 6.62. The van der Waals surface area contributed by atoms with Crippen molar-refractivity contribution in [2.45, 2.75) is 53.1 Å². The van der Waals surface area contributed by atoms with E-state index >= 15 is 0 Å². The lowest BCUT2D eigenvalue weighted by molar-refractivity contribution is 0.0162. The number of allylic oxidation sites excluding steroid dienone is 2. The van der Waals surface area contributed by atoms with E-state index in [9.17, 15) is 9.59 Å². The van der Waals surface area contributed by atoms with Gasteiger partial charge in [-0.3, -0.25) is 0 Å². The molecule has 0 N–H and O–H groups in total. The largest absolute Gasteiger partial charge is 0.438 e. The predicted molar refractivity (Wildman–Crippen MR) is 131 cm³/mol. The minimum absolute atomic E-state index is 0.319. The lowest BCUT2D eigenvalue weighted by Crippen LogP contribution is -2.44. The minimum atomic E-state index is -0.930. The monoisotopic (exact) mass is 447 g/mol. The molecule has 0 aromatic heterocycles. The van der Waals surface area contributed by atoms with Gasteiger partial charge in [0.1, 0.15) is 11.4 Å². The lowest BCUT2D eigenvalue weighted by atomic mass is 9.73. The van der Waals surface area contributed by atoms with Crippen LogP contribution in [0.1, 0.15) is 60.7 Å². The number of hydrogen-bond donors (Lipinski definition) is 0. The number of nitrogens with zero attached hydrogens (tertiary/aromatic N) is 1. The molecule has 0 spiro atoms. The molecule has 3 rings (SSSR count). The van der Waals surface area contributed by atoms with E-state index in [2.05, 4.69) is 0 Å². The van der Waals surface area contributed by atoms with Crippen molar-refractivity contribution in [3.63, 3.8) is 0 Å². The summed E-state index contributed by atoms with van der Waals surface area (Å²) >= 11 is 0.